The zero-order chi connectivity index (χ0) is 10.8. The third kappa shape index (κ3) is 2.42. The Balaban J connectivity index is 2.32. The minimum atomic E-state index is -0.362. The van der Waals surface area contributed by atoms with E-state index in [4.69, 9.17) is 5.73 Å². The van der Waals surface area contributed by atoms with Crippen LogP contribution < -0.4 is 5.73 Å². The second-order valence-corrected chi connectivity index (χ2v) is 4.94. The molecule has 15 heavy (non-hydrogen) atoms. The van der Waals surface area contributed by atoms with E-state index in [0.717, 1.165) is 9.35 Å². The van der Waals surface area contributed by atoms with Crippen LogP contribution in [0, 0.1) is 5.82 Å². The molecule has 2 N–H and O–H groups in total. The van der Waals surface area contributed by atoms with Crippen LogP contribution >= 0.6 is 27.3 Å². The van der Waals surface area contributed by atoms with Gasteiger partial charge in [0.1, 0.15) is 5.82 Å². The van der Waals surface area contributed by atoms with E-state index in [1.165, 1.54) is 23.6 Å². The molecule has 2 aromatic heterocycles. The molecule has 0 aliphatic rings. The van der Waals surface area contributed by atoms with Crippen LogP contribution in [0.1, 0.15) is 16.5 Å². The zero-order valence-corrected chi connectivity index (χ0v) is 10.1. The monoisotopic (exact) mass is 286 g/mol. The summed E-state index contributed by atoms with van der Waals surface area (Å²) >= 11 is 4.89. The Bertz CT molecular complexity index is 472. The molecule has 0 spiro atoms. The molecule has 0 saturated carbocycles. The molecular weight excluding hydrogens is 279 g/mol. The van der Waals surface area contributed by atoms with Gasteiger partial charge in [0.25, 0.3) is 0 Å². The van der Waals surface area contributed by atoms with E-state index in [2.05, 4.69) is 20.9 Å². The van der Waals surface area contributed by atoms with Crippen LogP contribution in [0.3, 0.4) is 0 Å². The highest BCUT2D eigenvalue weighted by atomic mass is 79.9. The normalized spacial score (nSPS) is 12.7. The minimum absolute atomic E-state index is 0.315. The predicted octanol–water partition coefficient (Wildman–Crippen LogP) is 3.09. The molecule has 5 heteroatoms. The molecule has 0 saturated heterocycles. The van der Waals surface area contributed by atoms with E-state index < -0.39 is 0 Å². The van der Waals surface area contributed by atoms with Gasteiger partial charge in [-0.3, -0.25) is 4.98 Å². The molecule has 0 aliphatic heterocycles. The molecule has 1 unspecified atom stereocenters. The summed E-state index contributed by atoms with van der Waals surface area (Å²) in [4.78, 5) is 4.76. The number of hydrogen-bond donors (Lipinski definition) is 1. The molecule has 0 amide bonds. The van der Waals surface area contributed by atoms with Gasteiger partial charge in [0, 0.05) is 20.9 Å². The number of nitrogens with zero attached hydrogens (tertiary/aromatic N) is 1. The number of pyridine rings is 1. The molecule has 0 aromatic carbocycles. The van der Waals surface area contributed by atoms with Crippen LogP contribution in [0.2, 0.25) is 0 Å². The summed E-state index contributed by atoms with van der Waals surface area (Å²) in [7, 11) is 0. The van der Waals surface area contributed by atoms with Crippen LogP contribution in [0.5, 0.6) is 0 Å². The van der Waals surface area contributed by atoms with Crippen LogP contribution in [0.4, 0.5) is 4.39 Å². The Morgan fingerprint density at radius 2 is 2.20 bits per heavy atom. The van der Waals surface area contributed by atoms with Crippen molar-refractivity contribution in [3.63, 3.8) is 0 Å². The Hall–Kier alpha value is -0.780. The first-order chi connectivity index (χ1) is 7.16. The Morgan fingerprint density at radius 1 is 1.40 bits per heavy atom. The fourth-order valence-electron chi connectivity index (χ4n) is 1.25. The summed E-state index contributed by atoms with van der Waals surface area (Å²) in [5.74, 6) is -0.362. The van der Waals surface area contributed by atoms with Gasteiger partial charge < -0.3 is 5.73 Å². The molecule has 78 valence electrons. The number of hydrogen-bond acceptors (Lipinski definition) is 3. The third-order valence-electron chi connectivity index (χ3n) is 1.98. The van der Waals surface area contributed by atoms with Gasteiger partial charge in [-0.15, -0.1) is 11.3 Å². The quantitative estimate of drug-likeness (QED) is 0.921. The lowest BCUT2D eigenvalue weighted by Crippen LogP contribution is -2.10. The second kappa shape index (κ2) is 4.38. The summed E-state index contributed by atoms with van der Waals surface area (Å²) in [5.41, 5.74) is 6.67. The van der Waals surface area contributed by atoms with Crippen LogP contribution in [-0.4, -0.2) is 4.98 Å². The molecule has 0 bridgehead atoms. The van der Waals surface area contributed by atoms with E-state index in [1.807, 2.05) is 11.4 Å². The number of halogens is 2. The lowest BCUT2D eigenvalue weighted by Gasteiger charge is -2.08. The Kier molecular flexibility index (Phi) is 3.14. The summed E-state index contributed by atoms with van der Waals surface area (Å²) in [5, 5.41) is 1.95. The van der Waals surface area contributed by atoms with Crippen LogP contribution in [0.15, 0.2) is 34.4 Å². The fraction of sp³-hybridized carbons (Fsp3) is 0.100. The van der Waals surface area contributed by atoms with E-state index >= 15 is 0 Å². The first kappa shape index (κ1) is 10.7. The summed E-state index contributed by atoms with van der Waals surface area (Å²) in [6.07, 6.45) is 2.75. The van der Waals surface area contributed by atoms with Gasteiger partial charge in [-0.05, 0) is 33.6 Å². The molecule has 2 rings (SSSR count). The van der Waals surface area contributed by atoms with E-state index in [-0.39, 0.29) is 11.9 Å². The first-order valence-corrected chi connectivity index (χ1v) is 5.94. The second-order valence-electron chi connectivity index (χ2n) is 3.08. The lowest BCUT2D eigenvalue weighted by atomic mass is 10.1. The van der Waals surface area contributed by atoms with Crippen molar-refractivity contribution in [3.05, 3.63) is 50.6 Å². The van der Waals surface area contributed by atoms with Crippen molar-refractivity contribution < 1.29 is 4.39 Å². The molecule has 0 fully saturated rings. The summed E-state index contributed by atoms with van der Waals surface area (Å²) < 4.78 is 13.9. The smallest absolute Gasteiger partial charge is 0.141 e. The highest BCUT2D eigenvalue weighted by Gasteiger charge is 2.11. The summed E-state index contributed by atoms with van der Waals surface area (Å²) in [6, 6.07) is 3.02. The molecule has 2 heterocycles. The minimum Gasteiger partial charge on any atom is -0.320 e. The van der Waals surface area contributed by atoms with Gasteiger partial charge >= 0.3 is 0 Å². The molecule has 0 radical (unpaired) electrons. The van der Waals surface area contributed by atoms with Crippen molar-refractivity contribution in [3.8, 4) is 0 Å². The van der Waals surface area contributed by atoms with Gasteiger partial charge in [-0.1, -0.05) is 0 Å². The maximum atomic E-state index is 12.9. The SMILES string of the molecule is NC(c1cncc(F)c1)c1cc(Br)cs1. The maximum Gasteiger partial charge on any atom is 0.141 e. The molecule has 2 nitrogen and oxygen atoms in total. The average molecular weight is 287 g/mol. The number of aromatic nitrogens is 1. The maximum absolute atomic E-state index is 12.9. The van der Waals surface area contributed by atoms with Crippen molar-refractivity contribution in [2.75, 3.05) is 0 Å². The number of nitrogens with two attached hydrogens (primary N) is 1. The molecule has 2 aromatic rings. The van der Waals surface area contributed by atoms with Gasteiger partial charge in [-0.25, -0.2) is 4.39 Å². The largest absolute Gasteiger partial charge is 0.320 e. The van der Waals surface area contributed by atoms with Crippen molar-refractivity contribution >= 4 is 27.3 Å². The number of rotatable bonds is 2. The zero-order valence-electron chi connectivity index (χ0n) is 7.65. The van der Waals surface area contributed by atoms with Crippen LogP contribution in [0.25, 0.3) is 0 Å². The Morgan fingerprint density at radius 3 is 2.80 bits per heavy atom. The number of thiophene rings is 1. The van der Waals surface area contributed by atoms with Crippen molar-refractivity contribution in [2.45, 2.75) is 6.04 Å². The highest BCUT2D eigenvalue weighted by molar-refractivity contribution is 9.10. The van der Waals surface area contributed by atoms with Gasteiger partial charge in [0.15, 0.2) is 0 Å². The van der Waals surface area contributed by atoms with Gasteiger partial charge in [-0.2, -0.15) is 0 Å². The average Bonchev–Trinajstić information content (AvgIpc) is 2.64. The van der Waals surface area contributed by atoms with Crippen molar-refractivity contribution in [2.24, 2.45) is 5.73 Å². The van der Waals surface area contributed by atoms with E-state index in [1.54, 1.807) is 6.20 Å². The predicted molar refractivity (Wildman–Crippen MR) is 62.2 cm³/mol. The van der Waals surface area contributed by atoms with Crippen molar-refractivity contribution in [1.29, 1.82) is 0 Å². The standard InChI is InChI=1S/C10H8BrFN2S/c11-7-2-9(15-5-7)10(13)6-1-8(12)4-14-3-6/h1-5,10H,13H2. The summed E-state index contributed by atoms with van der Waals surface area (Å²) in [6.45, 7) is 0. The highest BCUT2D eigenvalue weighted by Crippen LogP contribution is 2.28. The molecular formula is C10H8BrFN2S. The fourth-order valence-corrected chi connectivity index (χ4v) is 2.73. The van der Waals surface area contributed by atoms with Crippen LogP contribution in [-0.2, 0) is 0 Å². The first-order valence-electron chi connectivity index (χ1n) is 4.27. The van der Waals surface area contributed by atoms with E-state index in [0.29, 0.717) is 5.56 Å². The third-order valence-corrected chi connectivity index (χ3v) is 3.76. The van der Waals surface area contributed by atoms with Gasteiger partial charge in [0.05, 0.1) is 12.2 Å². The van der Waals surface area contributed by atoms with E-state index in [9.17, 15) is 4.39 Å². The molecule has 0 aliphatic carbocycles. The van der Waals surface area contributed by atoms with Gasteiger partial charge in [0.2, 0.25) is 0 Å². The molecule has 1 atom stereocenters. The lowest BCUT2D eigenvalue weighted by molar-refractivity contribution is 0.616. The topological polar surface area (TPSA) is 38.9 Å². The Labute approximate surface area is 99.1 Å². The van der Waals surface area contributed by atoms with Crippen molar-refractivity contribution in [1.82, 2.24) is 4.98 Å².